The van der Waals surface area contributed by atoms with Crippen LogP contribution in [0.15, 0.2) is 47.6 Å². The van der Waals surface area contributed by atoms with E-state index in [-0.39, 0.29) is 6.10 Å². The first kappa shape index (κ1) is 16.0. The van der Waals surface area contributed by atoms with Crippen molar-refractivity contribution in [3.8, 4) is 5.69 Å². The highest BCUT2D eigenvalue weighted by molar-refractivity contribution is 7.98. The maximum Gasteiger partial charge on any atom is 0.195 e. The van der Waals surface area contributed by atoms with Crippen LogP contribution in [0.3, 0.4) is 0 Å². The number of hydrogen-bond donors (Lipinski definition) is 0. The fourth-order valence-electron chi connectivity index (χ4n) is 2.90. The van der Waals surface area contributed by atoms with E-state index in [4.69, 9.17) is 27.9 Å². The van der Waals surface area contributed by atoms with E-state index in [1.165, 1.54) is 0 Å². The van der Waals surface area contributed by atoms with Crippen LogP contribution in [0.5, 0.6) is 0 Å². The number of ether oxygens (including phenoxy) is 1. The van der Waals surface area contributed by atoms with Crippen molar-refractivity contribution in [2.24, 2.45) is 0 Å². The normalized spacial score (nSPS) is 16.4. The van der Waals surface area contributed by atoms with Gasteiger partial charge in [-0.3, -0.25) is 4.57 Å². The van der Waals surface area contributed by atoms with Gasteiger partial charge >= 0.3 is 0 Å². The second-order valence-corrected chi connectivity index (χ2v) is 6.97. The molecule has 0 saturated heterocycles. The lowest BCUT2D eigenvalue weighted by molar-refractivity contribution is 0.0655. The third-order valence-electron chi connectivity index (χ3n) is 3.96. The maximum absolute atomic E-state index is 6.41. The molecule has 1 atom stereocenters. The molecule has 24 heavy (non-hydrogen) atoms. The first-order valence-electron chi connectivity index (χ1n) is 7.33. The van der Waals surface area contributed by atoms with Crippen LogP contribution in [-0.2, 0) is 11.3 Å². The van der Waals surface area contributed by atoms with Crippen molar-refractivity contribution < 1.29 is 4.74 Å². The van der Waals surface area contributed by atoms with E-state index in [9.17, 15) is 0 Å². The fourth-order valence-corrected chi connectivity index (χ4v) is 3.82. The molecule has 7 heteroatoms. The number of halogens is 2. The smallest absolute Gasteiger partial charge is 0.195 e. The van der Waals surface area contributed by atoms with E-state index in [2.05, 4.69) is 10.2 Å². The predicted octanol–water partition coefficient (Wildman–Crippen LogP) is 4.92. The molecule has 4 rings (SSSR count). The van der Waals surface area contributed by atoms with E-state index in [0.29, 0.717) is 16.7 Å². The second-order valence-electron chi connectivity index (χ2n) is 5.35. The zero-order chi connectivity index (χ0) is 16.7. The highest BCUT2D eigenvalue weighted by Crippen LogP contribution is 2.39. The Labute approximate surface area is 153 Å². The van der Waals surface area contributed by atoms with Crippen LogP contribution in [0, 0.1) is 0 Å². The summed E-state index contributed by atoms with van der Waals surface area (Å²) in [7, 11) is 0. The van der Waals surface area contributed by atoms with E-state index < -0.39 is 0 Å². The van der Waals surface area contributed by atoms with Gasteiger partial charge in [-0.1, -0.05) is 53.2 Å². The molecule has 4 nitrogen and oxygen atoms in total. The minimum absolute atomic E-state index is 0.316. The average molecular weight is 378 g/mol. The van der Waals surface area contributed by atoms with Crippen molar-refractivity contribution in [2.75, 3.05) is 6.26 Å². The molecule has 3 aromatic rings. The number of rotatable bonds is 2. The molecule has 1 aliphatic rings. The van der Waals surface area contributed by atoms with E-state index >= 15 is 0 Å². The summed E-state index contributed by atoms with van der Waals surface area (Å²) in [5, 5.41) is 10.6. The lowest BCUT2D eigenvalue weighted by Crippen LogP contribution is -2.07. The summed E-state index contributed by atoms with van der Waals surface area (Å²) in [6.45, 7) is 0.343. The van der Waals surface area contributed by atoms with E-state index in [0.717, 1.165) is 27.8 Å². The Bertz CT molecular complexity index is 913. The van der Waals surface area contributed by atoms with Gasteiger partial charge in [-0.2, -0.15) is 0 Å². The molecule has 0 radical (unpaired) electrons. The zero-order valence-electron chi connectivity index (χ0n) is 12.7. The monoisotopic (exact) mass is 377 g/mol. The van der Waals surface area contributed by atoms with E-state index in [1.54, 1.807) is 11.8 Å². The Morgan fingerprint density at radius 2 is 1.96 bits per heavy atom. The largest absolute Gasteiger partial charge is 0.361 e. The number of nitrogens with zero attached hydrogens (tertiary/aromatic N) is 3. The molecule has 122 valence electrons. The SMILES string of the molecule is CSc1nnc2n1-c1ccc(Cl)cc1C(c1ccccc1Cl)OC2. The van der Waals surface area contributed by atoms with Gasteiger partial charge in [0.15, 0.2) is 11.0 Å². The summed E-state index contributed by atoms with van der Waals surface area (Å²) >= 11 is 14.2. The molecule has 0 N–H and O–H groups in total. The standard InChI is InChI=1S/C17H13Cl2N3OS/c1-24-17-21-20-15-9-23-16(11-4-2-3-5-13(11)19)12-8-10(18)6-7-14(12)22(15)17/h2-8,16H,9H2,1H3. The highest BCUT2D eigenvalue weighted by atomic mass is 35.5. The number of benzene rings is 2. The summed E-state index contributed by atoms with van der Waals surface area (Å²) in [4.78, 5) is 0. The molecule has 0 aliphatic carbocycles. The maximum atomic E-state index is 6.41. The minimum Gasteiger partial charge on any atom is -0.361 e. The molecular formula is C17H13Cl2N3OS. The van der Waals surface area contributed by atoms with Crippen molar-refractivity contribution in [1.29, 1.82) is 0 Å². The quantitative estimate of drug-likeness (QED) is 0.594. The third-order valence-corrected chi connectivity index (χ3v) is 5.17. The number of thioether (sulfide) groups is 1. The van der Waals surface area contributed by atoms with Crippen molar-refractivity contribution in [2.45, 2.75) is 17.9 Å². The Balaban J connectivity index is 1.96. The first-order chi connectivity index (χ1) is 11.7. The van der Waals surface area contributed by atoms with Crippen LogP contribution < -0.4 is 0 Å². The number of aromatic nitrogens is 3. The topological polar surface area (TPSA) is 39.9 Å². The van der Waals surface area contributed by atoms with Gasteiger partial charge in [0, 0.05) is 21.2 Å². The average Bonchev–Trinajstić information content (AvgIpc) is 2.93. The molecule has 1 aliphatic heterocycles. The minimum atomic E-state index is -0.316. The van der Waals surface area contributed by atoms with Crippen LogP contribution in [-0.4, -0.2) is 21.0 Å². The van der Waals surface area contributed by atoms with Gasteiger partial charge in [0.2, 0.25) is 0 Å². The van der Waals surface area contributed by atoms with Gasteiger partial charge in [-0.15, -0.1) is 10.2 Å². The molecule has 1 unspecified atom stereocenters. The van der Waals surface area contributed by atoms with Crippen LogP contribution in [0.4, 0.5) is 0 Å². The molecular weight excluding hydrogens is 365 g/mol. The summed E-state index contributed by atoms with van der Waals surface area (Å²) < 4.78 is 8.18. The third kappa shape index (κ3) is 2.62. The molecule has 0 amide bonds. The summed E-state index contributed by atoms with van der Waals surface area (Å²) in [6, 6.07) is 13.5. The zero-order valence-corrected chi connectivity index (χ0v) is 15.1. The summed E-state index contributed by atoms with van der Waals surface area (Å²) in [5.74, 6) is 0.762. The van der Waals surface area contributed by atoms with Crippen LogP contribution in [0.1, 0.15) is 23.1 Å². The number of hydrogen-bond acceptors (Lipinski definition) is 4. The van der Waals surface area contributed by atoms with Crippen molar-refractivity contribution >= 4 is 35.0 Å². The van der Waals surface area contributed by atoms with Gasteiger partial charge in [-0.05, 0) is 30.5 Å². The molecule has 2 heterocycles. The van der Waals surface area contributed by atoms with E-state index in [1.807, 2.05) is 53.3 Å². The molecule has 0 fully saturated rings. The fraction of sp³-hybridized carbons (Fsp3) is 0.176. The van der Waals surface area contributed by atoms with Crippen LogP contribution >= 0.6 is 35.0 Å². The Morgan fingerprint density at radius 1 is 1.12 bits per heavy atom. The summed E-state index contributed by atoms with van der Waals surface area (Å²) in [5.41, 5.74) is 2.82. The lowest BCUT2D eigenvalue weighted by atomic mass is 9.99. The Hall–Kier alpha value is -1.53. The summed E-state index contributed by atoms with van der Waals surface area (Å²) in [6.07, 6.45) is 1.66. The van der Waals surface area contributed by atoms with Gasteiger partial charge in [0.05, 0.1) is 5.69 Å². The second kappa shape index (κ2) is 6.41. The molecule has 2 aromatic carbocycles. The first-order valence-corrected chi connectivity index (χ1v) is 9.31. The lowest BCUT2D eigenvalue weighted by Gasteiger charge is -2.20. The van der Waals surface area contributed by atoms with Crippen molar-refractivity contribution in [3.63, 3.8) is 0 Å². The van der Waals surface area contributed by atoms with Gasteiger partial charge < -0.3 is 4.74 Å². The Morgan fingerprint density at radius 3 is 2.75 bits per heavy atom. The van der Waals surface area contributed by atoms with Crippen molar-refractivity contribution in [3.05, 3.63) is 69.5 Å². The highest BCUT2D eigenvalue weighted by Gasteiger charge is 2.28. The molecule has 0 saturated carbocycles. The molecule has 1 aromatic heterocycles. The number of fused-ring (bicyclic) bond motifs is 3. The van der Waals surface area contributed by atoms with Gasteiger partial charge in [0.25, 0.3) is 0 Å². The molecule has 0 bridgehead atoms. The van der Waals surface area contributed by atoms with Crippen molar-refractivity contribution in [1.82, 2.24) is 14.8 Å². The van der Waals surface area contributed by atoms with Gasteiger partial charge in [0.1, 0.15) is 12.7 Å². The van der Waals surface area contributed by atoms with Gasteiger partial charge in [-0.25, -0.2) is 0 Å². The molecule has 0 spiro atoms. The van der Waals surface area contributed by atoms with Crippen LogP contribution in [0.25, 0.3) is 5.69 Å². The Kier molecular flexibility index (Phi) is 4.26. The predicted molar refractivity (Wildman–Crippen MR) is 96.2 cm³/mol. The van der Waals surface area contributed by atoms with Crippen LogP contribution in [0.2, 0.25) is 10.0 Å².